The van der Waals surface area contributed by atoms with Gasteiger partial charge in [-0.1, -0.05) is 46.7 Å². The lowest BCUT2D eigenvalue weighted by Crippen LogP contribution is -2.12. The van der Waals surface area contributed by atoms with Crippen LogP contribution in [0.5, 0.6) is 0 Å². The van der Waals surface area contributed by atoms with Crippen molar-refractivity contribution in [2.75, 3.05) is 6.26 Å². The summed E-state index contributed by atoms with van der Waals surface area (Å²) in [5.41, 5.74) is -0.276. The van der Waals surface area contributed by atoms with E-state index in [2.05, 4.69) is 10.3 Å². The number of amidine groups is 1. The second kappa shape index (κ2) is 8.91. The van der Waals surface area contributed by atoms with Gasteiger partial charge in [0.1, 0.15) is 0 Å². The van der Waals surface area contributed by atoms with E-state index in [1.54, 1.807) is 24.6 Å². The van der Waals surface area contributed by atoms with E-state index >= 15 is 0 Å². The number of hydrogen-bond acceptors (Lipinski definition) is 4. The van der Waals surface area contributed by atoms with Crippen LogP contribution in [0, 0.1) is 11.5 Å². The molecule has 0 atom stereocenters. The van der Waals surface area contributed by atoms with E-state index in [1.165, 1.54) is 23.9 Å². The van der Waals surface area contributed by atoms with Gasteiger partial charge in [0.2, 0.25) is 0 Å². The minimum atomic E-state index is -4.38. The van der Waals surface area contributed by atoms with Crippen LogP contribution in [0.2, 0.25) is 10.0 Å². The SMILES string of the molecule is CSC(=Nc1cc(Cl)c(Sc2ccc(C(F)(F)F)cc2)c(Cl)c1)NC#N. The molecule has 0 saturated carbocycles. The fraction of sp³-hybridized carbons (Fsp3) is 0.125. The number of rotatable bonds is 3. The van der Waals surface area contributed by atoms with Crippen LogP contribution < -0.4 is 5.32 Å². The molecule has 0 aliphatic heterocycles. The van der Waals surface area contributed by atoms with Gasteiger partial charge in [-0.2, -0.15) is 18.4 Å². The van der Waals surface area contributed by atoms with Crippen molar-refractivity contribution >= 4 is 57.6 Å². The van der Waals surface area contributed by atoms with Crippen LogP contribution in [0.1, 0.15) is 5.56 Å². The molecule has 0 bridgehead atoms. The van der Waals surface area contributed by atoms with E-state index in [4.69, 9.17) is 28.5 Å². The second-order valence-electron chi connectivity index (χ2n) is 4.72. The van der Waals surface area contributed by atoms with E-state index in [0.717, 1.165) is 23.9 Å². The van der Waals surface area contributed by atoms with Gasteiger partial charge < -0.3 is 0 Å². The topological polar surface area (TPSA) is 48.2 Å². The van der Waals surface area contributed by atoms with Crippen LogP contribution in [0.3, 0.4) is 0 Å². The molecular weight excluding hydrogens is 426 g/mol. The van der Waals surface area contributed by atoms with Crippen molar-refractivity contribution in [2.24, 2.45) is 4.99 Å². The maximum absolute atomic E-state index is 12.6. The van der Waals surface area contributed by atoms with Crippen molar-refractivity contribution in [3.05, 3.63) is 52.0 Å². The summed E-state index contributed by atoms with van der Waals surface area (Å²) in [5, 5.41) is 12.1. The van der Waals surface area contributed by atoms with E-state index in [1.807, 2.05) is 0 Å². The number of aliphatic imine (C=N–C) groups is 1. The Bertz CT molecular complexity index is 840. The highest BCUT2D eigenvalue weighted by molar-refractivity contribution is 8.13. The van der Waals surface area contributed by atoms with Crippen LogP contribution in [0.4, 0.5) is 18.9 Å². The Balaban J connectivity index is 2.27. The summed E-state index contributed by atoms with van der Waals surface area (Å²) in [5.74, 6) is 0. The first-order valence-electron chi connectivity index (χ1n) is 6.86. The monoisotopic (exact) mass is 435 g/mol. The van der Waals surface area contributed by atoms with Crippen LogP contribution >= 0.6 is 46.7 Å². The van der Waals surface area contributed by atoms with Crippen LogP contribution in [-0.2, 0) is 6.18 Å². The lowest BCUT2D eigenvalue weighted by molar-refractivity contribution is -0.137. The van der Waals surface area contributed by atoms with Crippen molar-refractivity contribution < 1.29 is 13.2 Å². The van der Waals surface area contributed by atoms with Gasteiger partial charge in [0.25, 0.3) is 0 Å². The standard InChI is InChI=1S/C16H10Cl2F3N3S2/c1-25-15(23-8-22)24-10-6-12(17)14(13(18)7-10)26-11-4-2-9(3-5-11)16(19,20)21/h2-7H,1H3,(H,23,24). The molecule has 2 rings (SSSR count). The Labute approximate surface area is 166 Å². The third kappa shape index (κ3) is 5.48. The Morgan fingerprint density at radius 1 is 1.15 bits per heavy atom. The molecule has 136 valence electrons. The van der Waals surface area contributed by atoms with Crippen molar-refractivity contribution in [1.29, 1.82) is 5.26 Å². The lowest BCUT2D eigenvalue weighted by Gasteiger charge is -2.10. The predicted octanol–water partition coefficient (Wildman–Crippen LogP) is 6.58. The molecule has 0 aliphatic carbocycles. The highest BCUT2D eigenvalue weighted by atomic mass is 35.5. The first kappa shape index (κ1) is 20.8. The van der Waals surface area contributed by atoms with Gasteiger partial charge in [0, 0.05) is 9.79 Å². The number of hydrogen-bond donors (Lipinski definition) is 1. The molecule has 0 amide bonds. The van der Waals surface area contributed by atoms with Crippen molar-refractivity contribution in [3.8, 4) is 6.19 Å². The molecule has 0 fully saturated rings. The van der Waals surface area contributed by atoms with Gasteiger partial charge in [0.05, 0.1) is 21.3 Å². The Morgan fingerprint density at radius 3 is 2.19 bits per heavy atom. The molecule has 0 radical (unpaired) electrons. The fourth-order valence-corrected chi connectivity index (χ4v) is 3.70. The molecule has 0 saturated heterocycles. The Morgan fingerprint density at radius 2 is 1.73 bits per heavy atom. The van der Waals surface area contributed by atoms with Crippen molar-refractivity contribution in [2.45, 2.75) is 16.0 Å². The van der Waals surface area contributed by atoms with Gasteiger partial charge in [-0.3, -0.25) is 5.32 Å². The average molecular weight is 436 g/mol. The summed E-state index contributed by atoms with van der Waals surface area (Å²) in [6.07, 6.45) is -0.858. The zero-order valence-corrected chi connectivity index (χ0v) is 16.2. The fourth-order valence-electron chi connectivity index (χ4n) is 1.83. The van der Waals surface area contributed by atoms with Gasteiger partial charge in [-0.15, -0.1) is 0 Å². The highest BCUT2D eigenvalue weighted by Gasteiger charge is 2.30. The zero-order valence-electron chi connectivity index (χ0n) is 13.1. The van der Waals surface area contributed by atoms with Crippen LogP contribution in [0.15, 0.2) is 51.2 Å². The highest BCUT2D eigenvalue weighted by Crippen LogP contribution is 2.42. The maximum Gasteiger partial charge on any atom is 0.416 e. The molecule has 0 spiro atoms. The predicted molar refractivity (Wildman–Crippen MR) is 101 cm³/mol. The minimum absolute atomic E-state index is 0.304. The lowest BCUT2D eigenvalue weighted by atomic mass is 10.2. The van der Waals surface area contributed by atoms with Gasteiger partial charge in [0.15, 0.2) is 11.4 Å². The molecule has 1 N–H and O–H groups in total. The first-order valence-corrected chi connectivity index (χ1v) is 9.66. The smallest absolute Gasteiger partial charge is 0.271 e. The van der Waals surface area contributed by atoms with E-state index in [9.17, 15) is 13.2 Å². The number of thioether (sulfide) groups is 1. The van der Waals surface area contributed by atoms with Gasteiger partial charge in [-0.25, -0.2) is 4.99 Å². The summed E-state index contributed by atoms with van der Waals surface area (Å²) in [7, 11) is 0. The summed E-state index contributed by atoms with van der Waals surface area (Å²) in [6, 6.07) is 7.84. The number of benzene rings is 2. The molecule has 2 aromatic rings. The summed E-state index contributed by atoms with van der Waals surface area (Å²) < 4.78 is 37.9. The molecule has 26 heavy (non-hydrogen) atoms. The van der Waals surface area contributed by atoms with Gasteiger partial charge in [-0.05, 0) is 42.7 Å². The number of halogens is 5. The molecule has 2 aromatic carbocycles. The molecule has 0 heterocycles. The minimum Gasteiger partial charge on any atom is -0.271 e. The van der Waals surface area contributed by atoms with Gasteiger partial charge >= 0.3 is 6.18 Å². The average Bonchev–Trinajstić information content (AvgIpc) is 2.57. The molecule has 0 aliphatic rings. The normalized spacial score (nSPS) is 12.0. The third-order valence-electron chi connectivity index (χ3n) is 2.97. The Kier molecular flexibility index (Phi) is 7.12. The largest absolute Gasteiger partial charge is 0.416 e. The molecule has 0 unspecified atom stereocenters. The quantitative estimate of drug-likeness (QED) is 0.255. The summed E-state index contributed by atoms with van der Waals surface area (Å²) in [6.45, 7) is 0. The second-order valence-corrected chi connectivity index (χ2v) is 7.41. The number of nitrogens with one attached hydrogen (secondary N) is 1. The summed E-state index contributed by atoms with van der Waals surface area (Å²) >= 11 is 14.9. The maximum atomic E-state index is 12.6. The van der Waals surface area contributed by atoms with Crippen LogP contribution in [0.25, 0.3) is 0 Å². The van der Waals surface area contributed by atoms with Crippen molar-refractivity contribution in [1.82, 2.24) is 5.32 Å². The third-order valence-corrected chi connectivity index (χ3v) is 5.52. The number of alkyl halides is 3. The van der Waals surface area contributed by atoms with Crippen LogP contribution in [-0.4, -0.2) is 11.4 Å². The molecule has 0 aromatic heterocycles. The first-order chi connectivity index (χ1) is 12.2. The molecule has 3 nitrogen and oxygen atoms in total. The van der Waals surface area contributed by atoms with E-state index in [-0.39, 0.29) is 0 Å². The van der Waals surface area contributed by atoms with E-state index < -0.39 is 11.7 Å². The Hall–Kier alpha value is -1.53. The summed E-state index contributed by atoms with van der Waals surface area (Å²) in [4.78, 5) is 5.29. The van der Waals surface area contributed by atoms with E-state index in [0.29, 0.717) is 30.7 Å². The molecular formula is C16H10Cl2F3N3S2. The zero-order chi connectivity index (χ0) is 19.3. The number of nitrogens with zero attached hydrogens (tertiary/aromatic N) is 2. The number of nitriles is 1. The van der Waals surface area contributed by atoms with Crippen molar-refractivity contribution in [3.63, 3.8) is 0 Å². The molecule has 10 heteroatoms.